The minimum atomic E-state index is -0.835. The van der Waals surface area contributed by atoms with E-state index in [-0.39, 0.29) is 12.2 Å². The molecule has 0 aliphatic rings. The van der Waals surface area contributed by atoms with Gasteiger partial charge in [0, 0.05) is 10.0 Å². The molecule has 0 aromatic heterocycles. The molecule has 5 nitrogen and oxygen atoms in total. The van der Waals surface area contributed by atoms with Crippen LogP contribution >= 0.6 is 15.9 Å². The lowest BCUT2D eigenvalue weighted by molar-refractivity contribution is -0.139. The van der Waals surface area contributed by atoms with Crippen molar-refractivity contribution in [3.05, 3.63) is 28.2 Å². The zero-order valence-corrected chi connectivity index (χ0v) is 10.9. The molecule has 0 bridgehead atoms. The van der Waals surface area contributed by atoms with E-state index in [1.165, 1.54) is 14.2 Å². The van der Waals surface area contributed by atoms with Crippen molar-refractivity contribution in [2.24, 2.45) is 0 Å². The number of halogens is 1. The van der Waals surface area contributed by atoms with Gasteiger partial charge in [-0.05, 0) is 18.2 Å². The molecular formula is C11H11BrO5. The van der Waals surface area contributed by atoms with E-state index in [2.05, 4.69) is 25.4 Å². The molecular weight excluding hydrogens is 292 g/mol. The van der Waals surface area contributed by atoms with Gasteiger partial charge in [-0.2, -0.15) is 0 Å². The smallest absolute Gasteiger partial charge is 0.469 e. The first-order valence-electron chi connectivity index (χ1n) is 4.68. The predicted molar refractivity (Wildman–Crippen MR) is 62.9 cm³/mol. The van der Waals surface area contributed by atoms with Crippen LogP contribution < -0.4 is 4.74 Å². The van der Waals surface area contributed by atoms with Crippen molar-refractivity contribution in [1.82, 2.24) is 0 Å². The Labute approximate surface area is 107 Å². The SMILES string of the molecule is COC(=O)Cc1cc(Br)ccc1OC(=O)OC. The first-order valence-corrected chi connectivity index (χ1v) is 5.47. The minimum absolute atomic E-state index is 0.0161. The van der Waals surface area contributed by atoms with Crippen molar-refractivity contribution in [2.45, 2.75) is 6.42 Å². The van der Waals surface area contributed by atoms with Crippen LogP contribution in [0.4, 0.5) is 4.79 Å². The van der Waals surface area contributed by atoms with E-state index in [0.717, 1.165) is 4.47 Å². The number of hydrogen-bond donors (Lipinski definition) is 0. The molecule has 0 atom stereocenters. The van der Waals surface area contributed by atoms with Crippen LogP contribution in [0, 0.1) is 0 Å². The summed E-state index contributed by atoms with van der Waals surface area (Å²) in [6.45, 7) is 0. The molecule has 0 spiro atoms. The Morgan fingerprint density at radius 2 is 1.94 bits per heavy atom. The summed E-state index contributed by atoms with van der Waals surface area (Å²) < 4.78 is 14.6. The number of benzene rings is 1. The van der Waals surface area contributed by atoms with Gasteiger partial charge < -0.3 is 14.2 Å². The van der Waals surface area contributed by atoms with Crippen LogP contribution in [-0.4, -0.2) is 26.3 Å². The third-order valence-electron chi connectivity index (χ3n) is 1.94. The lowest BCUT2D eigenvalue weighted by atomic mass is 10.1. The van der Waals surface area contributed by atoms with Crippen molar-refractivity contribution in [2.75, 3.05) is 14.2 Å². The second-order valence-corrected chi connectivity index (χ2v) is 3.98. The number of carbonyl (C=O) groups excluding carboxylic acids is 2. The number of rotatable bonds is 3. The Bertz CT molecular complexity index is 430. The third-order valence-corrected chi connectivity index (χ3v) is 2.44. The van der Waals surface area contributed by atoms with E-state index >= 15 is 0 Å². The van der Waals surface area contributed by atoms with E-state index in [1.807, 2.05) is 0 Å². The van der Waals surface area contributed by atoms with E-state index < -0.39 is 12.1 Å². The van der Waals surface area contributed by atoms with E-state index in [9.17, 15) is 9.59 Å². The van der Waals surface area contributed by atoms with Gasteiger partial charge in [-0.3, -0.25) is 4.79 Å². The van der Waals surface area contributed by atoms with Gasteiger partial charge in [0.25, 0.3) is 0 Å². The van der Waals surface area contributed by atoms with Crippen molar-refractivity contribution in [3.63, 3.8) is 0 Å². The standard InChI is InChI=1S/C11H11BrO5/c1-15-10(13)6-7-5-8(12)3-4-9(7)17-11(14)16-2/h3-5H,6H2,1-2H3. The van der Waals surface area contributed by atoms with Crippen LogP contribution in [0.3, 0.4) is 0 Å². The minimum Gasteiger partial charge on any atom is -0.469 e. The van der Waals surface area contributed by atoms with Gasteiger partial charge in [0.2, 0.25) is 0 Å². The number of ether oxygens (including phenoxy) is 3. The highest BCUT2D eigenvalue weighted by Crippen LogP contribution is 2.24. The second-order valence-electron chi connectivity index (χ2n) is 3.06. The summed E-state index contributed by atoms with van der Waals surface area (Å²) in [4.78, 5) is 22.2. The number of esters is 1. The van der Waals surface area contributed by atoms with Crippen molar-refractivity contribution >= 4 is 28.1 Å². The van der Waals surface area contributed by atoms with Gasteiger partial charge in [-0.1, -0.05) is 15.9 Å². The highest BCUT2D eigenvalue weighted by molar-refractivity contribution is 9.10. The Kier molecular flexibility index (Phi) is 4.96. The molecule has 0 saturated carbocycles. The quantitative estimate of drug-likeness (QED) is 0.633. The first-order chi connectivity index (χ1) is 8.06. The maximum Gasteiger partial charge on any atom is 0.513 e. The molecule has 0 aliphatic heterocycles. The van der Waals surface area contributed by atoms with Gasteiger partial charge >= 0.3 is 12.1 Å². The molecule has 0 N–H and O–H groups in total. The first kappa shape index (κ1) is 13.5. The summed E-state index contributed by atoms with van der Waals surface area (Å²) in [5.41, 5.74) is 0.539. The molecule has 0 radical (unpaired) electrons. The zero-order valence-electron chi connectivity index (χ0n) is 9.36. The Balaban J connectivity index is 2.95. The van der Waals surface area contributed by atoms with E-state index in [0.29, 0.717) is 5.56 Å². The monoisotopic (exact) mass is 302 g/mol. The fraction of sp³-hybridized carbons (Fsp3) is 0.273. The molecule has 0 aliphatic carbocycles. The summed E-state index contributed by atoms with van der Waals surface area (Å²) in [7, 11) is 2.50. The third kappa shape index (κ3) is 4.07. The summed E-state index contributed by atoms with van der Waals surface area (Å²) in [6, 6.07) is 4.94. The number of carbonyl (C=O) groups is 2. The Morgan fingerprint density at radius 1 is 1.24 bits per heavy atom. The number of hydrogen-bond acceptors (Lipinski definition) is 5. The van der Waals surface area contributed by atoms with Gasteiger partial charge in [0.1, 0.15) is 5.75 Å². The van der Waals surface area contributed by atoms with Crippen LogP contribution in [0.5, 0.6) is 5.75 Å². The molecule has 1 aromatic carbocycles. The van der Waals surface area contributed by atoms with Gasteiger partial charge in [-0.25, -0.2) is 4.79 Å². The molecule has 0 heterocycles. The molecule has 0 saturated heterocycles. The number of methoxy groups -OCH3 is 2. The lowest BCUT2D eigenvalue weighted by Crippen LogP contribution is -2.11. The molecule has 6 heteroatoms. The van der Waals surface area contributed by atoms with Crippen LogP contribution in [0.15, 0.2) is 22.7 Å². The summed E-state index contributed by atoms with van der Waals surface area (Å²) in [5, 5.41) is 0. The fourth-order valence-corrected chi connectivity index (χ4v) is 1.55. The van der Waals surface area contributed by atoms with Crippen LogP contribution in [0.2, 0.25) is 0 Å². The average molecular weight is 303 g/mol. The fourth-order valence-electron chi connectivity index (χ4n) is 1.14. The molecule has 92 valence electrons. The predicted octanol–water partition coefficient (Wildman–Crippen LogP) is 2.31. The highest BCUT2D eigenvalue weighted by atomic mass is 79.9. The summed E-state index contributed by atoms with van der Waals surface area (Å²) >= 11 is 3.27. The Hall–Kier alpha value is -1.56. The van der Waals surface area contributed by atoms with Gasteiger partial charge in [-0.15, -0.1) is 0 Å². The summed E-state index contributed by atoms with van der Waals surface area (Å²) in [6.07, 6.45) is -0.819. The highest BCUT2D eigenvalue weighted by Gasteiger charge is 2.13. The van der Waals surface area contributed by atoms with Crippen molar-refractivity contribution < 1.29 is 23.8 Å². The van der Waals surface area contributed by atoms with Gasteiger partial charge in [0.15, 0.2) is 0 Å². The largest absolute Gasteiger partial charge is 0.513 e. The molecule has 1 aromatic rings. The molecule has 1 rings (SSSR count). The zero-order chi connectivity index (χ0) is 12.8. The second kappa shape index (κ2) is 6.24. The van der Waals surface area contributed by atoms with Crippen LogP contribution in [0.1, 0.15) is 5.56 Å². The molecule has 17 heavy (non-hydrogen) atoms. The normalized spacial score (nSPS) is 9.59. The van der Waals surface area contributed by atoms with Crippen molar-refractivity contribution in [3.8, 4) is 5.75 Å². The average Bonchev–Trinajstić information content (AvgIpc) is 2.32. The van der Waals surface area contributed by atoms with Crippen molar-refractivity contribution in [1.29, 1.82) is 0 Å². The van der Waals surface area contributed by atoms with Gasteiger partial charge in [0.05, 0.1) is 20.6 Å². The topological polar surface area (TPSA) is 61.8 Å². The van der Waals surface area contributed by atoms with Crippen LogP contribution in [-0.2, 0) is 20.7 Å². The molecule has 0 amide bonds. The molecule has 0 unspecified atom stereocenters. The van der Waals surface area contributed by atoms with Crippen LogP contribution in [0.25, 0.3) is 0 Å². The lowest BCUT2D eigenvalue weighted by Gasteiger charge is -2.08. The van der Waals surface area contributed by atoms with E-state index in [4.69, 9.17) is 4.74 Å². The Morgan fingerprint density at radius 3 is 2.53 bits per heavy atom. The maximum absolute atomic E-state index is 11.2. The molecule has 0 fully saturated rings. The maximum atomic E-state index is 11.2. The summed E-state index contributed by atoms with van der Waals surface area (Å²) in [5.74, 6) is -0.150. The van der Waals surface area contributed by atoms with E-state index in [1.54, 1.807) is 18.2 Å².